The van der Waals surface area contributed by atoms with Gasteiger partial charge in [-0.2, -0.15) is 4.98 Å². The van der Waals surface area contributed by atoms with E-state index >= 15 is 0 Å². The molecular formula is C22H21N5O. The number of nitrogens with one attached hydrogen (secondary N) is 2. The zero-order valence-corrected chi connectivity index (χ0v) is 15.8. The Morgan fingerprint density at radius 1 is 0.893 bits per heavy atom. The summed E-state index contributed by atoms with van der Waals surface area (Å²) >= 11 is 0. The van der Waals surface area contributed by atoms with Gasteiger partial charge in [-0.05, 0) is 38.1 Å². The van der Waals surface area contributed by atoms with Gasteiger partial charge in [0.15, 0.2) is 0 Å². The van der Waals surface area contributed by atoms with E-state index in [1.165, 1.54) is 0 Å². The van der Waals surface area contributed by atoms with E-state index in [-0.39, 0.29) is 0 Å². The van der Waals surface area contributed by atoms with Gasteiger partial charge in [0.25, 0.3) is 0 Å². The van der Waals surface area contributed by atoms with E-state index in [4.69, 9.17) is 4.74 Å². The van der Waals surface area contributed by atoms with E-state index in [9.17, 15) is 0 Å². The third-order valence-corrected chi connectivity index (χ3v) is 4.18. The van der Waals surface area contributed by atoms with Gasteiger partial charge in [0.2, 0.25) is 5.95 Å². The molecule has 0 unspecified atom stereocenters. The Hall–Kier alpha value is -3.67. The zero-order valence-electron chi connectivity index (χ0n) is 15.8. The lowest BCUT2D eigenvalue weighted by Gasteiger charge is -2.13. The summed E-state index contributed by atoms with van der Waals surface area (Å²) < 4.78 is 5.67. The Morgan fingerprint density at radius 2 is 1.71 bits per heavy atom. The Kier molecular flexibility index (Phi) is 5.01. The average molecular weight is 371 g/mol. The van der Waals surface area contributed by atoms with Crippen LogP contribution in [0.2, 0.25) is 0 Å². The largest absolute Gasteiger partial charge is 0.492 e. The second-order valence-electron chi connectivity index (χ2n) is 6.28. The number of aromatic nitrogens is 3. The van der Waals surface area contributed by atoms with Crippen molar-refractivity contribution >= 4 is 34.0 Å². The summed E-state index contributed by atoms with van der Waals surface area (Å²) in [6.07, 6.45) is 1.79. The van der Waals surface area contributed by atoms with E-state index < -0.39 is 0 Å². The molecule has 0 aliphatic carbocycles. The first-order chi connectivity index (χ1) is 13.7. The summed E-state index contributed by atoms with van der Waals surface area (Å²) in [6.45, 7) is 4.49. The fourth-order valence-corrected chi connectivity index (χ4v) is 3.00. The van der Waals surface area contributed by atoms with Crippen molar-refractivity contribution in [1.29, 1.82) is 0 Å². The quantitative estimate of drug-likeness (QED) is 0.484. The number of benzene rings is 2. The molecule has 0 aliphatic heterocycles. The van der Waals surface area contributed by atoms with Crippen LogP contribution in [0, 0.1) is 6.92 Å². The molecule has 6 nitrogen and oxygen atoms in total. The number of fused-ring (bicyclic) bond motifs is 1. The predicted octanol–water partition coefficient (Wildman–Crippen LogP) is 5.22. The smallest absolute Gasteiger partial charge is 0.229 e. The van der Waals surface area contributed by atoms with Crippen molar-refractivity contribution in [2.75, 3.05) is 17.2 Å². The van der Waals surface area contributed by atoms with Crippen molar-refractivity contribution in [3.8, 4) is 5.75 Å². The zero-order chi connectivity index (χ0) is 19.3. The highest BCUT2D eigenvalue weighted by Crippen LogP contribution is 2.28. The van der Waals surface area contributed by atoms with Crippen LogP contribution in [-0.2, 0) is 0 Å². The first-order valence-corrected chi connectivity index (χ1v) is 9.18. The molecule has 0 aliphatic rings. The summed E-state index contributed by atoms with van der Waals surface area (Å²) in [6, 6.07) is 19.6. The van der Waals surface area contributed by atoms with Crippen LogP contribution in [0.25, 0.3) is 10.9 Å². The molecule has 6 heteroatoms. The number of ether oxygens (including phenoxy) is 1. The summed E-state index contributed by atoms with van der Waals surface area (Å²) in [5.74, 6) is 1.97. The van der Waals surface area contributed by atoms with Gasteiger partial charge in [-0.15, -0.1) is 0 Å². The van der Waals surface area contributed by atoms with Gasteiger partial charge < -0.3 is 15.4 Å². The molecule has 4 aromatic rings. The van der Waals surface area contributed by atoms with Crippen LogP contribution in [0.15, 0.2) is 66.9 Å². The molecule has 140 valence electrons. The molecule has 0 spiro atoms. The minimum atomic E-state index is 0.503. The van der Waals surface area contributed by atoms with Crippen molar-refractivity contribution in [2.45, 2.75) is 13.8 Å². The van der Waals surface area contributed by atoms with Crippen molar-refractivity contribution in [3.63, 3.8) is 0 Å². The van der Waals surface area contributed by atoms with E-state index in [1.54, 1.807) is 6.20 Å². The second kappa shape index (κ2) is 7.92. The first kappa shape index (κ1) is 17.7. The molecule has 0 saturated heterocycles. The lowest BCUT2D eigenvalue weighted by molar-refractivity contribution is 0.342. The molecule has 2 aromatic heterocycles. The fraction of sp³-hybridized carbons (Fsp3) is 0.136. The summed E-state index contributed by atoms with van der Waals surface area (Å²) in [7, 11) is 0. The molecule has 0 fully saturated rings. The monoisotopic (exact) mass is 371 g/mol. The maximum Gasteiger partial charge on any atom is 0.229 e. The number of aryl methyl sites for hydroxylation is 1. The van der Waals surface area contributed by atoms with Crippen LogP contribution in [0.4, 0.5) is 23.1 Å². The molecule has 4 rings (SSSR count). The van der Waals surface area contributed by atoms with Crippen LogP contribution in [-0.4, -0.2) is 21.6 Å². The van der Waals surface area contributed by atoms with Gasteiger partial charge in [0, 0.05) is 23.3 Å². The highest BCUT2D eigenvalue weighted by molar-refractivity contribution is 5.91. The van der Waals surface area contributed by atoms with Gasteiger partial charge in [-0.1, -0.05) is 30.3 Å². The maximum absolute atomic E-state index is 5.67. The number of rotatable bonds is 6. The summed E-state index contributed by atoms with van der Waals surface area (Å²) in [5.41, 5.74) is 3.48. The average Bonchev–Trinajstić information content (AvgIpc) is 2.70. The van der Waals surface area contributed by atoms with E-state index in [0.717, 1.165) is 33.7 Å². The Labute approximate surface area is 163 Å². The molecule has 28 heavy (non-hydrogen) atoms. The Balaban J connectivity index is 1.64. The van der Waals surface area contributed by atoms with Crippen LogP contribution < -0.4 is 15.4 Å². The van der Waals surface area contributed by atoms with Crippen LogP contribution >= 0.6 is 0 Å². The number of hydrogen-bond donors (Lipinski definition) is 2. The van der Waals surface area contributed by atoms with Gasteiger partial charge in [0.05, 0.1) is 23.5 Å². The number of hydrogen-bond acceptors (Lipinski definition) is 6. The van der Waals surface area contributed by atoms with Crippen molar-refractivity contribution in [1.82, 2.24) is 15.0 Å². The van der Waals surface area contributed by atoms with Crippen molar-refractivity contribution in [3.05, 3.63) is 72.6 Å². The van der Waals surface area contributed by atoms with E-state index in [2.05, 4.69) is 25.6 Å². The number of pyridine rings is 1. The third-order valence-electron chi connectivity index (χ3n) is 4.18. The normalized spacial score (nSPS) is 10.6. The fourth-order valence-electron chi connectivity index (χ4n) is 3.00. The SMILES string of the molecule is CCOc1ccccc1Nc1nc(C)cc(Nc2cccc3cccnc23)n1. The molecule has 2 aromatic carbocycles. The number of nitrogens with zero attached hydrogens (tertiary/aromatic N) is 3. The topological polar surface area (TPSA) is 72.0 Å². The lowest BCUT2D eigenvalue weighted by Crippen LogP contribution is -2.04. The molecule has 0 saturated carbocycles. The Bertz CT molecular complexity index is 1110. The molecule has 2 heterocycles. The number of para-hydroxylation sites is 3. The van der Waals surface area contributed by atoms with E-state index in [0.29, 0.717) is 18.4 Å². The molecule has 0 radical (unpaired) electrons. The second-order valence-corrected chi connectivity index (χ2v) is 6.28. The maximum atomic E-state index is 5.67. The summed E-state index contributed by atoms with van der Waals surface area (Å²) in [5, 5.41) is 7.70. The minimum absolute atomic E-state index is 0.503. The first-order valence-electron chi connectivity index (χ1n) is 9.18. The van der Waals surface area contributed by atoms with Gasteiger partial charge in [0.1, 0.15) is 11.6 Å². The minimum Gasteiger partial charge on any atom is -0.492 e. The highest BCUT2D eigenvalue weighted by Gasteiger charge is 2.08. The number of anilines is 4. The van der Waals surface area contributed by atoms with Crippen LogP contribution in [0.1, 0.15) is 12.6 Å². The van der Waals surface area contributed by atoms with Crippen molar-refractivity contribution < 1.29 is 4.74 Å². The van der Waals surface area contributed by atoms with Crippen molar-refractivity contribution in [2.24, 2.45) is 0 Å². The summed E-state index contributed by atoms with van der Waals surface area (Å²) in [4.78, 5) is 13.6. The highest BCUT2D eigenvalue weighted by atomic mass is 16.5. The van der Waals surface area contributed by atoms with Gasteiger partial charge in [-0.3, -0.25) is 4.98 Å². The molecule has 0 atom stereocenters. The van der Waals surface area contributed by atoms with Gasteiger partial charge in [-0.25, -0.2) is 4.98 Å². The van der Waals surface area contributed by atoms with Crippen LogP contribution in [0.5, 0.6) is 5.75 Å². The lowest BCUT2D eigenvalue weighted by atomic mass is 10.2. The molecular weight excluding hydrogens is 350 g/mol. The molecule has 2 N–H and O–H groups in total. The molecule has 0 bridgehead atoms. The third kappa shape index (κ3) is 3.86. The standard InChI is InChI=1S/C22H21N5O/c1-3-28-19-12-5-4-10-17(19)26-22-24-15(2)14-20(27-22)25-18-11-6-8-16-9-7-13-23-21(16)18/h4-14H,3H2,1-2H3,(H2,24,25,26,27). The van der Waals surface area contributed by atoms with Gasteiger partial charge >= 0.3 is 0 Å². The molecule has 0 amide bonds. The van der Waals surface area contributed by atoms with E-state index in [1.807, 2.05) is 74.5 Å². The predicted molar refractivity (Wildman–Crippen MR) is 113 cm³/mol. The Morgan fingerprint density at radius 3 is 2.61 bits per heavy atom. The van der Waals surface area contributed by atoms with Crippen LogP contribution in [0.3, 0.4) is 0 Å².